The minimum atomic E-state index is -0.347. The molecule has 2 fully saturated rings. The van der Waals surface area contributed by atoms with E-state index in [-0.39, 0.29) is 30.4 Å². The van der Waals surface area contributed by atoms with Crippen molar-refractivity contribution in [1.82, 2.24) is 25.2 Å². The normalized spacial score (nSPS) is 19.8. The fraction of sp³-hybridized carbons (Fsp3) is 0.579. The number of fused-ring (bicyclic) bond motifs is 1. The molecule has 138 valence electrons. The lowest BCUT2D eigenvalue weighted by Crippen LogP contribution is -2.52. The van der Waals surface area contributed by atoms with E-state index in [0.717, 1.165) is 43.1 Å². The number of rotatable bonds is 5. The van der Waals surface area contributed by atoms with Crippen LogP contribution in [-0.4, -0.2) is 44.3 Å². The number of aromatic nitrogens is 3. The summed E-state index contributed by atoms with van der Waals surface area (Å²) < 4.78 is 1.69. The number of hydrogen-bond donors (Lipinski definition) is 1. The van der Waals surface area contributed by atoms with Crippen LogP contribution in [-0.2, 0) is 16.3 Å². The molecule has 1 unspecified atom stereocenters. The van der Waals surface area contributed by atoms with Crippen LogP contribution in [0.2, 0.25) is 0 Å². The Morgan fingerprint density at radius 2 is 2.00 bits per heavy atom. The molecule has 1 saturated carbocycles. The molecule has 2 aromatic rings. The highest BCUT2D eigenvalue weighted by molar-refractivity contribution is 5.88. The molecule has 7 nitrogen and oxygen atoms in total. The molecule has 0 spiro atoms. The third-order valence-corrected chi connectivity index (χ3v) is 5.63. The fourth-order valence-electron chi connectivity index (χ4n) is 4.31. The molecule has 26 heavy (non-hydrogen) atoms. The van der Waals surface area contributed by atoms with Crippen LogP contribution >= 0.6 is 0 Å². The van der Waals surface area contributed by atoms with Gasteiger partial charge < -0.3 is 10.2 Å². The van der Waals surface area contributed by atoms with E-state index in [9.17, 15) is 9.59 Å². The van der Waals surface area contributed by atoms with E-state index < -0.39 is 0 Å². The van der Waals surface area contributed by atoms with Crippen LogP contribution in [0.5, 0.6) is 0 Å². The van der Waals surface area contributed by atoms with Crippen LogP contribution in [0, 0.1) is 5.92 Å². The van der Waals surface area contributed by atoms with E-state index in [4.69, 9.17) is 0 Å². The number of likely N-dealkylation sites (tertiary alicyclic amines) is 1. The first-order valence-electron chi connectivity index (χ1n) is 9.59. The van der Waals surface area contributed by atoms with Crippen molar-refractivity contribution < 1.29 is 9.59 Å². The number of nitrogens with one attached hydrogen (secondary N) is 1. The molecule has 1 saturated heterocycles. The Bertz CT molecular complexity index is 796. The second-order valence-corrected chi connectivity index (χ2v) is 7.31. The zero-order valence-electron chi connectivity index (χ0n) is 14.9. The van der Waals surface area contributed by atoms with Gasteiger partial charge >= 0.3 is 0 Å². The Morgan fingerprint density at radius 3 is 2.77 bits per heavy atom. The second kappa shape index (κ2) is 7.43. The van der Waals surface area contributed by atoms with E-state index >= 15 is 0 Å². The van der Waals surface area contributed by atoms with E-state index in [1.807, 2.05) is 29.2 Å². The van der Waals surface area contributed by atoms with Crippen molar-refractivity contribution in [2.45, 2.75) is 57.7 Å². The molecule has 1 aromatic heterocycles. The highest BCUT2D eigenvalue weighted by atomic mass is 16.2. The van der Waals surface area contributed by atoms with Crippen molar-refractivity contribution in [2.75, 3.05) is 6.54 Å². The smallest absolute Gasteiger partial charge is 0.244 e. The SMILES string of the molecule is O=C(NCn1nnc2ccccc21)C(C1CCCCC1)N1CCCC1=O. The summed E-state index contributed by atoms with van der Waals surface area (Å²) >= 11 is 0. The maximum absolute atomic E-state index is 13.0. The summed E-state index contributed by atoms with van der Waals surface area (Å²) in [5.74, 6) is 0.312. The molecular weight excluding hydrogens is 330 g/mol. The summed E-state index contributed by atoms with van der Waals surface area (Å²) in [4.78, 5) is 27.1. The molecule has 0 bridgehead atoms. The number of benzene rings is 1. The second-order valence-electron chi connectivity index (χ2n) is 7.31. The topological polar surface area (TPSA) is 80.1 Å². The van der Waals surface area contributed by atoms with Crippen LogP contribution in [0.25, 0.3) is 11.0 Å². The first kappa shape index (κ1) is 17.0. The molecule has 0 radical (unpaired) electrons. The van der Waals surface area contributed by atoms with Crippen molar-refractivity contribution in [3.63, 3.8) is 0 Å². The van der Waals surface area contributed by atoms with E-state index in [1.54, 1.807) is 4.68 Å². The number of amides is 2. The van der Waals surface area contributed by atoms with Crippen LogP contribution < -0.4 is 5.32 Å². The van der Waals surface area contributed by atoms with Crippen molar-refractivity contribution >= 4 is 22.8 Å². The Morgan fingerprint density at radius 1 is 1.19 bits per heavy atom. The number of hydrogen-bond acceptors (Lipinski definition) is 4. The lowest BCUT2D eigenvalue weighted by atomic mass is 9.83. The molecule has 2 amide bonds. The van der Waals surface area contributed by atoms with Gasteiger partial charge in [0.2, 0.25) is 11.8 Å². The van der Waals surface area contributed by atoms with Crippen molar-refractivity contribution in [3.05, 3.63) is 24.3 Å². The fourth-order valence-corrected chi connectivity index (χ4v) is 4.31. The Balaban J connectivity index is 1.49. The average molecular weight is 355 g/mol. The zero-order valence-corrected chi connectivity index (χ0v) is 14.9. The molecule has 1 aliphatic heterocycles. The largest absolute Gasteiger partial charge is 0.335 e. The van der Waals surface area contributed by atoms with Crippen LogP contribution in [0.3, 0.4) is 0 Å². The zero-order chi connectivity index (χ0) is 17.9. The number of para-hydroxylation sites is 1. The molecular formula is C19H25N5O2. The first-order chi connectivity index (χ1) is 12.7. The molecule has 1 atom stereocenters. The van der Waals surface area contributed by atoms with Crippen molar-refractivity contribution in [3.8, 4) is 0 Å². The Labute approximate surface area is 152 Å². The van der Waals surface area contributed by atoms with Gasteiger partial charge in [-0.25, -0.2) is 4.68 Å². The van der Waals surface area contributed by atoms with Crippen LogP contribution in [0.15, 0.2) is 24.3 Å². The maximum atomic E-state index is 13.0. The summed E-state index contributed by atoms with van der Waals surface area (Å²) in [5, 5.41) is 11.2. The van der Waals surface area contributed by atoms with Gasteiger partial charge in [0.15, 0.2) is 0 Å². The Kier molecular flexibility index (Phi) is 4.86. The van der Waals surface area contributed by atoms with Gasteiger partial charge in [-0.1, -0.05) is 36.6 Å². The number of carbonyl (C=O) groups is 2. The average Bonchev–Trinajstić information content (AvgIpc) is 3.28. The van der Waals surface area contributed by atoms with Gasteiger partial charge in [-0.2, -0.15) is 0 Å². The quantitative estimate of drug-likeness (QED) is 0.890. The maximum Gasteiger partial charge on any atom is 0.244 e. The van der Waals surface area contributed by atoms with Gasteiger partial charge in [0.25, 0.3) is 0 Å². The lowest BCUT2D eigenvalue weighted by Gasteiger charge is -2.35. The minimum Gasteiger partial charge on any atom is -0.335 e. The van der Waals surface area contributed by atoms with E-state index in [2.05, 4.69) is 15.6 Å². The number of nitrogens with zero attached hydrogens (tertiary/aromatic N) is 4. The standard InChI is InChI=1S/C19H25N5O2/c25-17-11-6-12-23(17)18(14-7-2-1-3-8-14)19(26)20-13-24-16-10-5-4-9-15(16)21-22-24/h4-5,9-10,14,18H,1-3,6-8,11-13H2,(H,20,26). The van der Waals surface area contributed by atoms with Gasteiger partial charge in [0.05, 0.1) is 5.52 Å². The lowest BCUT2D eigenvalue weighted by molar-refractivity contribution is -0.140. The first-order valence-corrected chi connectivity index (χ1v) is 9.59. The summed E-state index contributed by atoms with van der Waals surface area (Å²) in [5.41, 5.74) is 1.69. The summed E-state index contributed by atoms with van der Waals surface area (Å²) in [7, 11) is 0. The van der Waals surface area contributed by atoms with Gasteiger partial charge in [-0.15, -0.1) is 5.10 Å². The third kappa shape index (κ3) is 3.30. The molecule has 2 heterocycles. The molecule has 4 rings (SSSR count). The summed E-state index contributed by atoms with van der Waals surface area (Å²) in [6.45, 7) is 0.963. The molecule has 1 N–H and O–H groups in total. The molecule has 1 aromatic carbocycles. The van der Waals surface area contributed by atoms with Crippen LogP contribution in [0.1, 0.15) is 44.9 Å². The molecule has 2 aliphatic rings. The highest BCUT2D eigenvalue weighted by Gasteiger charge is 2.38. The predicted octanol–water partition coefficient (Wildman–Crippen LogP) is 2.08. The van der Waals surface area contributed by atoms with Gasteiger partial charge in [-0.3, -0.25) is 9.59 Å². The van der Waals surface area contributed by atoms with E-state index in [1.165, 1.54) is 6.42 Å². The van der Waals surface area contributed by atoms with Crippen LogP contribution in [0.4, 0.5) is 0 Å². The van der Waals surface area contributed by atoms with E-state index in [0.29, 0.717) is 13.0 Å². The molecule has 7 heteroatoms. The Hall–Kier alpha value is -2.44. The third-order valence-electron chi connectivity index (χ3n) is 5.63. The molecule has 1 aliphatic carbocycles. The van der Waals surface area contributed by atoms with Gasteiger partial charge in [0.1, 0.15) is 18.2 Å². The monoisotopic (exact) mass is 355 g/mol. The minimum absolute atomic E-state index is 0.0632. The number of carbonyl (C=O) groups excluding carboxylic acids is 2. The summed E-state index contributed by atoms with van der Waals surface area (Å²) in [6.07, 6.45) is 6.97. The predicted molar refractivity (Wildman–Crippen MR) is 97.0 cm³/mol. The van der Waals surface area contributed by atoms with Gasteiger partial charge in [-0.05, 0) is 37.3 Å². The van der Waals surface area contributed by atoms with Crippen molar-refractivity contribution in [1.29, 1.82) is 0 Å². The van der Waals surface area contributed by atoms with Crippen molar-refractivity contribution in [2.24, 2.45) is 5.92 Å². The summed E-state index contributed by atoms with van der Waals surface area (Å²) in [6, 6.07) is 7.33. The highest BCUT2D eigenvalue weighted by Crippen LogP contribution is 2.31. The van der Waals surface area contributed by atoms with Gasteiger partial charge in [0, 0.05) is 13.0 Å².